The summed E-state index contributed by atoms with van der Waals surface area (Å²) in [6.45, 7) is -0.126. The van der Waals surface area contributed by atoms with Crippen LogP contribution in [0.15, 0.2) is 12.1 Å². The number of aromatic nitrogens is 2. The van der Waals surface area contributed by atoms with E-state index in [0.717, 1.165) is 0 Å². The molecular weight excluding hydrogens is 309 g/mol. The molecule has 0 unspecified atom stereocenters. The van der Waals surface area contributed by atoms with E-state index in [-0.39, 0.29) is 41.4 Å². The van der Waals surface area contributed by atoms with Crippen LogP contribution in [-0.4, -0.2) is 36.9 Å². The van der Waals surface area contributed by atoms with Crippen LogP contribution in [0.3, 0.4) is 0 Å². The van der Waals surface area contributed by atoms with E-state index in [9.17, 15) is 9.18 Å². The quantitative estimate of drug-likeness (QED) is 0.845. The maximum Gasteiger partial charge on any atom is 0.360 e. The van der Waals surface area contributed by atoms with E-state index in [1.54, 1.807) is 0 Å². The largest absolute Gasteiger partial charge is 0.491 e. The Hall–Kier alpha value is -3.10. The van der Waals surface area contributed by atoms with Crippen molar-refractivity contribution in [3.63, 3.8) is 0 Å². The summed E-state index contributed by atoms with van der Waals surface area (Å²) in [5.41, 5.74) is 6.00. The van der Waals surface area contributed by atoms with E-state index in [4.69, 9.17) is 19.9 Å². The van der Waals surface area contributed by atoms with Crippen LogP contribution in [0.1, 0.15) is 10.5 Å². The summed E-state index contributed by atoms with van der Waals surface area (Å²) in [4.78, 5) is 20.0. The first kappa shape index (κ1) is 14.8. The topological polar surface area (TPSA) is 106 Å². The number of benzene rings is 1. The zero-order chi connectivity index (χ0) is 16.6. The molecule has 0 saturated carbocycles. The molecule has 3 rings (SSSR count). The van der Waals surface area contributed by atoms with Crippen LogP contribution in [0.2, 0.25) is 0 Å². The minimum absolute atomic E-state index is 0.00322. The second-order valence-electron chi connectivity index (χ2n) is 4.47. The Bertz CT molecular complexity index is 796. The van der Waals surface area contributed by atoms with E-state index in [1.165, 1.54) is 26.4 Å². The van der Waals surface area contributed by atoms with Gasteiger partial charge in [-0.3, -0.25) is 0 Å². The fourth-order valence-corrected chi connectivity index (χ4v) is 2.16. The molecule has 120 valence electrons. The number of carbonyl (C=O) groups is 1. The zero-order valence-corrected chi connectivity index (χ0v) is 12.3. The van der Waals surface area contributed by atoms with Crippen molar-refractivity contribution < 1.29 is 28.1 Å². The molecule has 0 radical (unpaired) electrons. The number of carbonyl (C=O) groups excluding carboxylic acids is 1. The lowest BCUT2D eigenvalue weighted by atomic mass is 10.1. The molecule has 23 heavy (non-hydrogen) atoms. The van der Waals surface area contributed by atoms with Gasteiger partial charge >= 0.3 is 5.97 Å². The van der Waals surface area contributed by atoms with Crippen LogP contribution in [0.25, 0.3) is 11.4 Å². The third-order valence-corrected chi connectivity index (χ3v) is 3.19. The van der Waals surface area contributed by atoms with Gasteiger partial charge in [-0.1, -0.05) is 0 Å². The number of esters is 1. The molecule has 1 aromatic carbocycles. The summed E-state index contributed by atoms with van der Waals surface area (Å²) in [6, 6.07) is 2.59. The van der Waals surface area contributed by atoms with Gasteiger partial charge in [0.1, 0.15) is 0 Å². The highest BCUT2D eigenvalue weighted by Gasteiger charge is 2.27. The molecule has 0 fully saturated rings. The highest BCUT2D eigenvalue weighted by Crippen LogP contribution is 2.42. The Balaban J connectivity index is 2.21. The molecule has 0 amide bonds. The van der Waals surface area contributed by atoms with Gasteiger partial charge in [0, 0.05) is 0 Å². The Labute approximate surface area is 130 Å². The predicted molar refractivity (Wildman–Crippen MR) is 75.9 cm³/mol. The average molecular weight is 321 g/mol. The van der Waals surface area contributed by atoms with E-state index >= 15 is 0 Å². The Kier molecular flexibility index (Phi) is 3.61. The number of rotatable bonds is 3. The first-order valence-electron chi connectivity index (χ1n) is 6.45. The SMILES string of the molecule is COC(=O)c1nc(-c2ccc(F)c3c2OCO3)nc(N)c1OC. The summed E-state index contributed by atoms with van der Waals surface area (Å²) in [5.74, 6) is -1.22. The summed E-state index contributed by atoms with van der Waals surface area (Å²) in [5, 5.41) is 0. The summed E-state index contributed by atoms with van der Waals surface area (Å²) in [7, 11) is 2.53. The number of hydrogen-bond donors (Lipinski definition) is 1. The van der Waals surface area contributed by atoms with Gasteiger partial charge in [-0.15, -0.1) is 0 Å². The first-order chi connectivity index (χ1) is 11.1. The minimum Gasteiger partial charge on any atom is -0.491 e. The highest BCUT2D eigenvalue weighted by molar-refractivity contribution is 5.92. The normalized spacial score (nSPS) is 12.1. The molecule has 0 saturated heterocycles. The van der Waals surface area contributed by atoms with E-state index in [2.05, 4.69) is 14.7 Å². The lowest BCUT2D eigenvalue weighted by Crippen LogP contribution is -2.11. The number of halogens is 1. The maximum absolute atomic E-state index is 13.7. The van der Waals surface area contributed by atoms with Crippen LogP contribution in [-0.2, 0) is 4.74 Å². The molecule has 9 heteroatoms. The van der Waals surface area contributed by atoms with Gasteiger partial charge in [-0.2, -0.15) is 0 Å². The second-order valence-corrected chi connectivity index (χ2v) is 4.47. The second kappa shape index (κ2) is 5.59. The number of nitrogens with two attached hydrogens (primary N) is 1. The summed E-state index contributed by atoms with van der Waals surface area (Å²) >= 11 is 0. The molecule has 8 nitrogen and oxygen atoms in total. The molecule has 2 N–H and O–H groups in total. The number of nitrogen functional groups attached to an aromatic ring is 1. The molecule has 1 aromatic heterocycles. The lowest BCUT2D eigenvalue weighted by molar-refractivity contribution is 0.0590. The fraction of sp³-hybridized carbons (Fsp3) is 0.214. The highest BCUT2D eigenvalue weighted by atomic mass is 19.1. The van der Waals surface area contributed by atoms with Crippen molar-refractivity contribution in [3.8, 4) is 28.6 Å². The molecule has 0 spiro atoms. The van der Waals surface area contributed by atoms with Crippen molar-refractivity contribution >= 4 is 11.8 Å². The lowest BCUT2D eigenvalue weighted by Gasteiger charge is -2.11. The van der Waals surface area contributed by atoms with E-state index in [1.807, 2.05) is 0 Å². The van der Waals surface area contributed by atoms with Gasteiger partial charge in [0.15, 0.2) is 34.7 Å². The Morgan fingerprint density at radius 2 is 2.00 bits per heavy atom. The zero-order valence-electron chi connectivity index (χ0n) is 12.3. The summed E-state index contributed by atoms with van der Waals surface area (Å²) < 4.78 is 33.7. The molecule has 0 aliphatic carbocycles. The maximum atomic E-state index is 13.7. The van der Waals surface area contributed by atoms with Gasteiger partial charge < -0.3 is 24.7 Å². The molecule has 1 aliphatic rings. The number of fused-ring (bicyclic) bond motifs is 1. The van der Waals surface area contributed by atoms with Crippen LogP contribution in [0, 0.1) is 5.82 Å². The third-order valence-electron chi connectivity index (χ3n) is 3.19. The van der Waals surface area contributed by atoms with Crippen LogP contribution in [0.5, 0.6) is 17.2 Å². The molecule has 0 bridgehead atoms. The van der Waals surface area contributed by atoms with Gasteiger partial charge in [0.25, 0.3) is 0 Å². The molecule has 2 heterocycles. The van der Waals surface area contributed by atoms with Crippen molar-refractivity contribution in [2.75, 3.05) is 26.7 Å². The Morgan fingerprint density at radius 3 is 2.70 bits per heavy atom. The summed E-state index contributed by atoms with van der Waals surface area (Å²) in [6.07, 6.45) is 0. The number of ether oxygens (including phenoxy) is 4. The minimum atomic E-state index is -0.742. The Morgan fingerprint density at radius 1 is 1.26 bits per heavy atom. The standard InChI is InChI=1S/C14H12FN3O5/c1-20-11-8(14(19)21-2)17-13(18-12(11)16)6-3-4-7(15)10-9(6)22-5-23-10/h3-4H,5H2,1-2H3,(H2,16,17,18). The third kappa shape index (κ3) is 2.35. The van der Waals surface area contributed by atoms with Gasteiger partial charge in [-0.25, -0.2) is 19.2 Å². The van der Waals surface area contributed by atoms with Gasteiger partial charge in [-0.05, 0) is 12.1 Å². The fourth-order valence-electron chi connectivity index (χ4n) is 2.16. The van der Waals surface area contributed by atoms with Crippen molar-refractivity contribution in [2.45, 2.75) is 0 Å². The van der Waals surface area contributed by atoms with E-state index in [0.29, 0.717) is 5.56 Å². The van der Waals surface area contributed by atoms with Crippen LogP contribution < -0.4 is 19.9 Å². The van der Waals surface area contributed by atoms with Crippen LogP contribution >= 0.6 is 0 Å². The number of methoxy groups -OCH3 is 2. The number of hydrogen-bond acceptors (Lipinski definition) is 8. The van der Waals surface area contributed by atoms with E-state index < -0.39 is 11.8 Å². The average Bonchev–Trinajstić information content (AvgIpc) is 3.04. The molecule has 1 aliphatic heterocycles. The molecule has 0 atom stereocenters. The molecular formula is C14H12FN3O5. The molecule has 2 aromatic rings. The van der Waals surface area contributed by atoms with Gasteiger partial charge in [0.05, 0.1) is 19.8 Å². The van der Waals surface area contributed by atoms with Crippen molar-refractivity contribution in [1.82, 2.24) is 9.97 Å². The van der Waals surface area contributed by atoms with Gasteiger partial charge in [0.2, 0.25) is 12.5 Å². The van der Waals surface area contributed by atoms with Crippen molar-refractivity contribution in [2.24, 2.45) is 0 Å². The first-order valence-corrected chi connectivity index (χ1v) is 6.45. The monoisotopic (exact) mass is 321 g/mol. The predicted octanol–water partition coefficient (Wildman–Crippen LogP) is 1.39. The number of anilines is 1. The van der Waals surface area contributed by atoms with Crippen molar-refractivity contribution in [1.29, 1.82) is 0 Å². The van der Waals surface area contributed by atoms with Crippen LogP contribution in [0.4, 0.5) is 10.2 Å². The van der Waals surface area contributed by atoms with Crippen molar-refractivity contribution in [3.05, 3.63) is 23.6 Å². The smallest absolute Gasteiger partial charge is 0.360 e. The number of nitrogens with zero attached hydrogens (tertiary/aromatic N) is 2.